The summed E-state index contributed by atoms with van der Waals surface area (Å²) in [5.74, 6) is 0.494. The normalized spacial score (nSPS) is 11.2. The molecule has 3 aromatic heterocycles. The van der Waals surface area contributed by atoms with E-state index in [0.717, 1.165) is 33.5 Å². The lowest BCUT2D eigenvalue weighted by molar-refractivity contribution is 0.867. The number of H-pyrrole nitrogens is 1. The summed E-state index contributed by atoms with van der Waals surface area (Å²) in [5.41, 5.74) is 6.60. The molecule has 0 spiro atoms. The maximum absolute atomic E-state index is 4.23. The molecule has 0 aliphatic rings. The monoisotopic (exact) mass is 328 g/mol. The Hall–Kier alpha value is -3.14. The quantitative estimate of drug-likeness (QED) is 0.520. The van der Waals surface area contributed by atoms with Crippen LogP contribution in [0.2, 0.25) is 0 Å². The van der Waals surface area contributed by atoms with E-state index in [1.165, 1.54) is 5.56 Å². The molecule has 0 saturated carbocycles. The number of benzene rings is 1. The number of rotatable bonds is 4. The van der Waals surface area contributed by atoms with E-state index in [1.54, 1.807) is 0 Å². The molecule has 4 nitrogen and oxygen atoms in total. The molecule has 0 fully saturated rings. The minimum atomic E-state index is 0.494. The molecule has 0 saturated heterocycles. The highest BCUT2D eigenvalue weighted by Crippen LogP contribution is 2.36. The van der Waals surface area contributed by atoms with Crippen LogP contribution in [-0.2, 0) is 0 Å². The summed E-state index contributed by atoms with van der Waals surface area (Å²) in [6, 6.07) is 14.6. The van der Waals surface area contributed by atoms with Gasteiger partial charge in [-0.25, -0.2) is 0 Å². The van der Waals surface area contributed by atoms with Gasteiger partial charge in [0.1, 0.15) is 0 Å². The highest BCUT2D eigenvalue weighted by atomic mass is 14.9. The first-order chi connectivity index (χ1) is 12.2. The first kappa shape index (κ1) is 15.4. The van der Waals surface area contributed by atoms with Crippen LogP contribution < -0.4 is 5.32 Å². The molecule has 3 heterocycles. The molecule has 1 aromatic carbocycles. The van der Waals surface area contributed by atoms with Crippen molar-refractivity contribution in [3.8, 4) is 11.3 Å². The molecule has 25 heavy (non-hydrogen) atoms. The molecular weight excluding hydrogens is 308 g/mol. The van der Waals surface area contributed by atoms with E-state index in [-0.39, 0.29) is 0 Å². The van der Waals surface area contributed by atoms with Crippen molar-refractivity contribution in [2.45, 2.75) is 19.8 Å². The second kappa shape index (κ2) is 6.40. The topological polar surface area (TPSA) is 53.6 Å². The molecule has 4 rings (SSSR count). The molecule has 0 radical (unpaired) electrons. The molecule has 0 aliphatic heterocycles. The van der Waals surface area contributed by atoms with Crippen LogP contribution in [0.15, 0.2) is 67.3 Å². The molecule has 0 atom stereocenters. The van der Waals surface area contributed by atoms with Crippen LogP contribution in [0.25, 0.3) is 22.2 Å². The van der Waals surface area contributed by atoms with Gasteiger partial charge < -0.3 is 10.3 Å². The van der Waals surface area contributed by atoms with Gasteiger partial charge in [0.05, 0.1) is 23.1 Å². The van der Waals surface area contributed by atoms with E-state index in [2.05, 4.69) is 58.4 Å². The summed E-state index contributed by atoms with van der Waals surface area (Å²) in [6.07, 6.45) is 7.29. The van der Waals surface area contributed by atoms with Crippen molar-refractivity contribution >= 4 is 22.3 Å². The van der Waals surface area contributed by atoms with Gasteiger partial charge in [-0.2, -0.15) is 0 Å². The van der Waals surface area contributed by atoms with Crippen LogP contribution in [0, 0.1) is 0 Å². The van der Waals surface area contributed by atoms with Crippen molar-refractivity contribution in [2.24, 2.45) is 0 Å². The van der Waals surface area contributed by atoms with Crippen molar-refractivity contribution in [1.29, 1.82) is 0 Å². The van der Waals surface area contributed by atoms with Crippen molar-refractivity contribution in [3.63, 3.8) is 0 Å². The molecule has 4 heteroatoms. The Kier molecular flexibility index (Phi) is 3.94. The molecule has 0 unspecified atom stereocenters. The Morgan fingerprint density at radius 2 is 1.76 bits per heavy atom. The fraction of sp³-hybridized carbons (Fsp3) is 0.143. The number of pyridine rings is 2. The smallest absolute Gasteiger partial charge is 0.0725 e. The highest BCUT2D eigenvalue weighted by Gasteiger charge is 2.14. The van der Waals surface area contributed by atoms with Crippen LogP contribution in [0.1, 0.15) is 25.3 Å². The summed E-state index contributed by atoms with van der Waals surface area (Å²) >= 11 is 0. The number of anilines is 2. The standard InChI is InChI=1S/C21H20N4/c1-14(2)16-4-3-5-17(12-16)24-21-18-8-11-23-13-19(18)25-20(21)15-6-9-22-10-7-15/h3-14,24-25H,1-2H3. The minimum absolute atomic E-state index is 0.494. The van der Waals surface area contributed by atoms with Gasteiger partial charge in [-0.05, 0) is 41.8 Å². The van der Waals surface area contributed by atoms with Gasteiger partial charge >= 0.3 is 0 Å². The molecule has 0 aliphatic carbocycles. The first-order valence-corrected chi connectivity index (χ1v) is 8.45. The third kappa shape index (κ3) is 2.98. The lowest BCUT2D eigenvalue weighted by Gasteiger charge is -2.12. The average Bonchev–Trinajstić information content (AvgIpc) is 3.01. The fourth-order valence-electron chi connectivity index (χ4n) is 3.03. The maximum atomic E-state index is 4.23. The second-order valence-corrected chi connectivity index (χ2v) is 6.44. The minimum Gasteiger partial charge on any atom is -0.353 e. The SMILES string of the molecule is CC(C)c1cccc(Nc2c(-c3ccncc3)[nH]c3cnccc23)c1. The lowest BCUT2D eigenvalue weighted by Crippen LogP contribution is -1.94. The number of hydrogen-bond acceptors (Lipinski definition) is 3. The molecule has 2 N–H and O–H groups in total. The van der Waals surface area contributed by atoms with Gasteiger partial charge in [-0.15, -0.1) is 0 Å². The van der Waals surface area contributed by atoms with E-state index in [4.69, 9.17) is 0 Å². The predicted octanol–water partition coefficient (Wildman–Crippen LogP) is 5.49. The Morgan fingerprint density at radius 3 is 2.56 bits per heavy atom. The average molecular weight is 328 g/mol. The second-order valence-electron chi connectivity index (χ2n) is 6.44. The largest absolute Gasteiger partial charge is 0.353 e. The van der Waals surface area contributed by atoms with Crippen molar-refractivity contribution in [3.05, 3.63) is 72.8 Å². The van der Waals surface area contributed by atoms with Gasteiger partial charge in [-0.1, -0.05) is 26.0 Å². The number of nitrogens with one attached hydrogen (secondary N) is 2. The number of hydrogen-bond donors (Lipinski definition) is 2. The van der Waals surface area contributed by atoms with Crippen molar-refractivity contribution in [2.75, 3.05) is 5.32 Å². The summed E-state index contributed by atoms with van der Waals surface area (Å²) < 4.78 is 0. The summed E-state index contributed by atoms with van der Waals surface area (Å²) in [5, 5.41) is 4.73. The zero-order chi connectivity index (χ0) is 17.2. The van der Waals surface area contributed by atoms with Gasteiger partial charge in [0.25, 0.3) is 0 Å². The van der Waals surface area contributed by atoms with Crippen LogP contribution in [0.4, 0.5) is 11.4 Å². The number of nitrogens with zero attached hydrogens (tertiary/aromatic N) is 2. The number of aromatic nitrogens is 3. The zero-order valence-electron chi connectivity index (χ0n) is 14.3. The van der Waals surface area contributed by atoms with E-state index >= 15 is 0 Å². The summed E-state index contributed by atoms with van der Waals surface area (Å²) in [4.78, 5) is 11.8. The van der Waals surface area contributed by atoms with E-state index in [1.807, 2.05) is 43.0 Å². The molecule has 0 amide bonds. The molecular formula is C21H20N4. The van der Waals surface area contributed by atoms with E-state index in [9.17, 15) is 0 Å². The van der Waals surface area contributed by atoms with Crippen LogP contribution in [-0.4, -0.2) is 15.0 Å². The zero-order valence-corrected chi connectivity index (χ0v) is 14.3. The van der Waals surface area contributed by atoms with Crippen molar-refractivity contribution in [1.82, 2.24) is 15.0 Å². The Bertz CT molecular complexity index is 1000. The van der Waals surface area contributed by atoms with Crippen LogP contribution in [0.5, 0.6) is 0 Å². The molecule has 124 valence electrons. The lowest BCUT2D eigenvalue weighted by atomic mass is 10.0. The van der Waals surface area contributed by atoms with Gasteiger partial charge in [0.2, 0.25) is 0 Å². The number of aromatic amines is 1. The first-order valence-electron chi connectivity index (χ1n) is 8.45. The van der Waals surface area contributed by atoms with Crippen molar-refractivity contribution < 1.29 is 0 Å². The Morgan fingerprint density at radius 1 is 0.960 bits per heavy atom. The fourth-order valence-corrected chi connectivity index (χ4v) is 3.03. The van der Waals surface area contributed by atoms with Crippen LogP contribution >= 0.6 is 0 Å². The highest BCUT2D eigenvalue weighted by molar-refractivity contribution is 6.02. The van der Waals surface area contributed by atoms with E-state index < -0.39 is 0 Å². The third-order valence-corrected chi connectivity index (χ3v) is 4.39. The number of fused-ring (bicyclic) bond motifs is 1. The summed E-state index contributed by atoms with van der Waals surface area (Å²) in [6.45, 7) is 4.41. The molecule has 0 bridgehead atoms. The summed E-state index contributed by atoms with van der Waals surface area (Å²) in [7, 11) is 0. The maximum Gasteiger partial charge on any atom is 0.0725 e. The third-order valence-electron chi connectivity index (χ3n) is 4.39. The van der Waals surface area contributed by atoms with Gasteiger partial charge in [-0.3, -0.25) is 9.97 Å². The Balaban J connectivity index is 1.84. The van der Waals surface area contributed by atoms with Gasteiger partial charge in [0, 0.05) is 35.2 Å². The van der Waals surface area contributed by atoms with Crippen LogP contribution in [0.3, 0.4) is 0 Å². The Labute approximate surface area is 147 Å². The predicted molar refractivity (Wildman–Crippen MR) is 103 cm³/mol. The van der Waals surface area contributed by atoms with E-state index in [0.29, 0.717) is 5.92 Å². The molecule has 4 aromatic rings. The van der Waals surface area contributed by atoms with Gasteiger partial charge in [0.15, 0.2) is 0 Å².